The van der Waals surface area contributed by atoms with E-state index in [4.69, 9.17) is 5.73 Å². The Morgan fingerprint density at radius 2 is 1.75 bits per heavy atom. The second-order valence-corrected chi connectivity index (χ2v) is 8.57. The molecule has 2 nitrogen and oxygen atoms in total. The van der Waals surface area contributed by atoms with Gasteiger partial charge in [0.25, 0.3) is 0 Å². The molecular weight excluding hydrogens is 244 g/mol. The van der Waals surface area contributed by atoms with Gasteiger partial charge in [-0.25, -0.2) is 0 Å². The summed E-state index contributed by atoms with van der Waals surface area (Å²) < 4.78 is 0. The van der Waals surface area contributed by atoms with Crippen LogP contribution in [0.1, 0.15) is 78.1 Å². The Balaban J connectivity index is 1.83. The summed E-state index contributed by atoms with van der Waals surface area (Å²) in [5.41, 5.74) is 7.18. The van der Waals surface area contributed by atoms with Crippen LogP contribution in [0, 0.1) is 11.3 Å². The molecule has 1 aliphatic heterocycles. The van der Waals surface area contributed by atoms with E-state index in [0.29, 0.717) is 11.0 Å². The van der Waals surface area contributed by atoms with Gasteiger partial charge in [-0.3, -0.25) is 4.90 Å². The third kappa shape index (κ3) is 2.66. The summed E-state index contributed by atoms with van der Waals surface area (Å²) >= 11 is 0. The molecule has 3 fully saturated rings. The minimum atomic E-state index is 0.322. The number of fused-ring (bicyclic) bond motifs is 1. The van der Waals surface area contributed by atoms with Gasteiger partial charge in [-0.2, -0.15) is 0 Å². The van der Waals surface area contributed by atoms with Crippen molar-refractivity contribution >= 4 is 0 Å². The van der Waals surface area contributed by atoms with Gasteiger partial charge >= 0.3 is 0 Å². The van der Waals surface area contributed by atoms with E-state index in [1.54, 1.807) is 0 Å². The fraction of sp³-hybridized carbons (Fsp3) is 1.00. The molecule has 2 N–H and O–H groups in total. The van der Waals surface area contributed by atoms with Crippen LogP contribution in [0.3, 0.4) is 0 Å². The van der Waals surface area contributed by atoms with Crippen LogP contribution < -0.4 is 5.73 Å². The van der Waals surface area contributed by atoms with E-state index in [1.165, 1.54) is 70.8 Å². The lowest BCUT2D eigenvalue weighted by atomic mass is 9.65. The predicted molar refractivity (Wildman–Crippen MR) is 85.7 cm³/mol. The van der Waals surface area contributed by atoms with Crippen LogP contribution in [0.5, 0.6) is 0 Å². The Labute approximate surface area is 125 Å². The molecule has 3 atom stereocenters. The lowest BCUT2D eigenvalue weighted by Gasteiger charge is -2.57. The van der Waals surface area contributed by atoms with Crippen molar-refractivity contribution in [1.82, 2.24) is 4.90 Å². The number of hydrogen-bond donors (Lipinski definition) is 1. The first-order valence-corrected chi connectivity index (χ1v) is 9.03. The molecule has 2 heteroatoms. The molecule has 3 aliphatic rings. The highest BCUT2D eigenvalue weighted by Crippen LogP contribution is 2.48. The van der Waals surface area contributed by atoms with E-state index in [2.05, 4.69) is 18.7 Å². The summed E-state index contributed by atoms with van der Waals surface area (Å²) in [5, 5.41) is 0. The van der Waals surface area contributed by atoms with Crippen molar-refractivity contribution in [3.05, 3.63) is 0 Å². The number of rotatable bonds is 2. The van der Waals surface area contributed by atoms with Gasteiger partial charge in [-0.1, -0.05) is 33.1 Å². The predicted octanol–water partition coefficient (Wildman–Crippen LogP) is 3.94. The van der Waals surface area contributed by atoms with Crippen molar-refractivity contribution in [2.24, 2.45) is 17.1 Å². The van der Waals surface area contributed by atoms with E-state index in [-0.39, 0.29) is 0 Å². The minimum Gasteiger partial charge on any atom is -0.329 e. The summed E-state index contributed by atoms with van der Waals surface area (Å²) in [7, 11) is 0. The van der Waals surface area contributed by atoms with Crippen LogP contribution in [-0.2, 0) is 0 Å². The zero-order valence-corrected chi connectivity index (χ0v) is 13.7. The summed E-state index contributed by atoms with van der Waals surface area (Å²) in [5.74, 6) is 0.978. The summed E-state index contributed by atoms with van der Waals surface area (Å²) in [6.07, 6.45) is 14.1. The minimum absolute atomic E-state index is 0.322. The molecule has 0 aromatic rings. The summed E-state index contributed by atoms with van der Waals surface area (Å²) in [6, 6.07) is 0.856. The summed E-state index contributed by atoms with van der Waals surface area (Å²) in [6.45, 7) is 7.10. The molecule has 116 valence electrons. The van der Waals surface area contributed by atoms with Gasteiger partial charge in [0.2, 0.25) is 0 Å². The van der Waals surface area contributed by atoms with Crippen molar-refractivity contribution in [3.8, 4) is 0 Å². The van der Waals surface area contributed by atoms with Gasteiger partial charge < -0.3 is 5.73 Å². The van der Waals surface area contributed by atoms with Crippen molar-refractivity contribution in [1.29, 1.82) is 0 Å². The van der Waals surface area contributed by atoms with Crippen LogP contribution in [0.15, 0.2) is 0 Å². The van der Waals surface area contributed by atoms with E-state index in [0.717, 1.165) is 18.5 Å². The average molecular weight is 278 g/mol. The number of nitrogens with two attached hydrogens (primary N) is 1. The second kappa shape index (κ2) is 5.61. The van der Waals surface area contributed by atoms with E-state index in [9.17, 15) is 0 Å². The average Bonchev–Trinajstić information content (AvgIpc) is 2.45. The van der Waals surface area contributed by atoms with Gasteiger partial charge in [0, 0.05) is 18.1 Å². The van der Waals surface area contributed by atoms with Gasteiger partial charge in [-0.05, 0) is 62.8 Å². The Hall–Kier alpha value is -0.0800. The Morgan fingerprint density at radius 1 is 1.00 bits per heavy atom. The van der Waals surface area contributed by atoms with Crippen LogP contribution in [0.25, 0.3) is 0 Å². The normalized spacial score (nSPS) is 42.1. The lowest BCUT2D eigenvalue weighted by Crippen LogP contribution is -2.64. The highest BCUT2D eigenvalue weighted by Gasteiger charge is 2.48. The first-order chi connectivity index (χ1) is 9.56. The van der Waals surface area contributed by atoms with E-state index < -0.39 is 0 Å². The number of nitrogens with zero attached hydrogens (tertiary/aromatic N) is 1. The summed E-state index contributed by atoms with van der Waals surface area (Å²) in [4.78, 5) is 2.92. The maximum absolute atomic E-state index is 6.37. The van der Waals surface area contributed by atoms with Gasteiger partial charge in [-0.15, -0.1) is 0 Å². The molecule has 0 aromatic heterocycles. The van der Waals surface area contributed by atoms with Crippen LogP contribution >= 0.6 is 0 Å². The molecule has 1 saturated heterocycles. The molecule has 2 saturated carbocycles. The Bertz CT molecular complexity index is 336. The first-order valence-electron chi connectivity index (χ1n) is 9.03. The molecule has 0 radical (unpaired) electrons. The molecule has 2 aliphatic carbocycles. The van der Waals surface area contributed by atoms with Gasteiger partial charge in [0.15, 0.2) is 0 Å². The maximum Gasteiger partial charge on any atom is 0.0339 e. The SMILES string of the molecule is CC1(C)CCCC(CN)(N2CCCC3CCCCC32)C1. The molecule has 0 amide bonds. The third-order valence-electron chi connectivity index (χ3n) is 6.54. The number of piperidine rings is 1. The van der Waals surface area contributed by atoms with Crippen LogP contribution in [0.4, 0.5) is 0 Å². The zero-order chi connectivity index (χ0) is 14.2. The third-order valence-corrected chi connectivity index (χ3v) is 6.54. The van der Waals surface area contributed by atoms with Gasteiger partial charge in [0.05, 0.1) is 0 Å². The molecule has 1 heterocycles. The smallest absolute Gasteiger partial charge is 0.0339 e. The first kappa shape index (κ1) is 14.8. The maximum atomic E-state index is 6.37. The molecule has 0 spiro atoms. The van der Waals surface area contributed by atoms with Crippen molar-refractivity contribution in [2.75, 3.05) is 13.1 Å². The topological polar surface area (TPSA) is 29.3 Å². The van der Waals surface area contributed by atoms with Crippen molar-refractivity contribution < 1.29 is 0 Å². The number of likely N-dealkylation sites (tertiary alicyclic amines) is 1. The lowest BCUT2D eigenvalue weighted by molar-refractivity contribution is -0.0648. The second-order valence-electron chi connectivity index (χ2n) is 8.57. The zero-order valence-electron chi connectivity index (χ0n) is 13.7. The standard InChI is InChI=1S/C18H34N2/c1-17(2)10-6-11-18(13-17,14-19)20-12-5-8-15-7-3-4-9-16(15)20/h15-16H,3-14,19H2,1-2H3. The molecule has 3 unspecified atom stereocenters. The molecular formula is C18H34N2. The molecule has 20 heavy (non-hydrogen) atoms. The molecule has 0 bridgehead atoms. The highest BCUT2D eigenvalue weighted by atomic mass is 15.2. The number of hydrogen-bond acceptors (Lipinski definition) is 2. The Kier molecular flexibility index (Phi) is 4.16. The van der Waals surface area contributed by atoms with Crippen LogP contribution in [0.2, 0.25) is 0 Å². The molecule has 3 rings (SSSR count). The Morgan fingerprint density at radius 3 is 2.50 bits per heavy atom. The largest absolute Gasteiger partial charge is 0.329 e. The fourth-order valence-electron chi connectivity index (χ4n) is 5.71. The van der Waals surface area contributed by atoms with Crippen molar-refractivity contribution in [2.45, 2.75) is 89.6 Å². The fourth-order valence-corrected chi connectivity index (χ4v) is 5.71. The van der Waals surface area contributed by atoms with E-state index in [1.807, 2.05) is 0 Å². The molecule has 0 aromatic carbocycles. The van der Waals surface area contributed by atoms with Crippen molar-refractivity contribution in [3.63, 3.8) is 0 Å². The monoisotopic (exact) mass is 278 g/mol. The van der Waals surface area contributed by atoms with Crippen LogP contribution in [-0.4, -0.2) is 29.6 Å². The van der Waals surface area contributed by atoms with Gasteiger partial charge in [0.1, 0.15) is 0 Å². The van der Waals surface area contributed by atoms with E-state index >= 15 is 0 Å². The quantitative estimate of drug-likeness (QED) is 0.829. The highest BCUT2D eigenvalue weighted by molar-refractivity contribution is 5.04.